The summed E-state index contributed by atoms with van der Waals surface area (Å²) in [5.41, 5.74) is 5.58. The van der Waals surface area contributed by atoms with E-state index < -0.39 is 0 Å². The third kappa shape index (κ3) is 5.01. The van der Waals surface area contributed by atoms with Crippen molar-refractivity contribution in [3.05, 3.63) is 59.9 Å². The molecule has 0 aliphatic carbocycles. The fraction of sp³-hybridized carbons (Fsp3) is 0.211. The number of nitrogens with one attached hydrogen (secondary N) is 1. The maximum atomic E-state index is 12.0. The molecule has 0 aliphatic heterocycles. The van der Waals surface area contributed by atoms with Crippen molar-refractivity contribution >= 4 is 23.9 Å². The number of benzene rings is 1. The van der Waals surface area contributed by atoms with Crippen LogP contribution in [0.15, 0.2) is 59.0 Å². The average Bonchev–Trinajstić information content (AvgIpc) is 3.10. The van der Waals surface area contributed by atoms with Crippen LogP contribution in [0, 0.1) is 6.92 Å². The number of rotatable bonds is 7. The van der Waals surface area contributed by atoms with Gasteiger partial charge in [-0.1, -0.05) is 41.6 Å². The molecule has 0 unspecified atom stereocenters. The Morgan fingerprint density at radius 3 is 2.63 bits per heavy atom. The van der Waals surface area contributed by atoms with E-state index in [4.69, 9.17) is 0 Å². The van der Waals surface area contributed by atoms with Crippen LogP contribution in [0.3, 0.4) is 0 Å². The van der Waals surface area contributed by atoms with Gasteiger partial charge in [0.05, 0.1) is 12.0 Å². The highest BCUT2D eigenvalue weighted by Crippen LogP contribution is 2.24. The SMILES string of the molecule is CCn1c(SCC(=O)N/N=C\c2ccncc2)nnc1-c1ccc(C)cc1. The first-order chi connectivity index (χ1) is 13.2. The molecule has 1 aromatic carbocycles. The van der Waals surface area contributed by atoms with Crippen LogP contribution in [0.4, 0.5) is 0 Å². The van der Waals surface area contributed by atoms with Crippen molar-refractivity contribution < 1.29 is 4.79 Å². The Morgan fingerprint density at radius 1 is 1.19 bits per heavy atom. The summed E-state index contributed by atoms with van der Waals surface area (Å²) in [7, 11) is 0. The molecule has 0 radical (unpaired) electrons. The summed E-state index contributed by atoms with van der Waals surface area (Å²) in [6, 6.07) is 11.8. The van der Waals surface area contributed by atoms with Crippen LogP contribution in [-0.2, 0) is 11.3 Å². The van der Waals surface area contributed by atoms with Gasteiger partial charge in [0.25, 0.3) is 5.91 Å². The van der Waals surface area contributed by atoms with Gasteiger partial charge in [-0.25, -0.2) is 5.43 Å². The van der Waals surface area contributed by atoms with E-state index in [0.717, 1.165) is 23.5 Å². The molecule has 0 saturated carbocycles. The maximum absolute atomic E-state index is 12.0. The number of carbonyl (C=O) groups excluding carboxylic acids is 1. The van der Waals surface area contributed by atoms with E-state index in [0.29, 0.717) is 5.16 Å². The monoisotopic (exact) mass is 380 g/mol. The minimum Gasteiger partial charge on any atom is -0.302 e. The molecule has 0 fully saturated rings. The molecule has 7 nitrogen and oxygen atoms in total. The molecule has 0 atom stereocenters. The zero-order chi connectivity index (χ0) is 19.1. The Hall–Kier alpha value is -3.00. The van der Waals surface area contributed by atoms with Crippen LogP contribution in [0.2, 0.25) is 0 Å². The molecule has 0 spiro atoms. The predicted molar refractivity (Wildman–Crippen MR) is 107 cm³/mol. The van der Waals surface area contributed by atoms with Gasteiger partial charge < -0.3 is 4.57 Å². The smallest absolute Gasteiger partial charge is 0.250 e. The van der Waals surface area contributed by atoms with Gasteiger partial charge in [0, 0.05) is 24.5 Å². The van der Waals surface area contributed by atoms with Crippen molar-refractivity contribution in [1.29, 1.82) is 0 Å². The van der Waals surface area contributed by atoms with E-state index in [-0.39, 0.29) is 11.7 Å². The lowest BCUT2D eigenvalue weighted by molar-refractivity contribution is -0.118. The normalized spacial score (nSPS) is 11.0. The first-order valence-corrected chi connectivity index (χ1v) is 9.51. The zero-order valence-electron chi connectivity index (χ0n) is 15.2. The van der Waals surface area contributed by atoms with E-state index in [1.165, 1.54) is 17.3 Å². The van der Waals surface area contributed by atoms with E-state index in [2.05, 4.69) is 25.7 Å². The number of hydrogen-bond acceptors (Lipinski definition) is 6. The highest BCUT2D eigenvalue weighted by molar-refractivity contribution is 7.99. The second-order valence-corrected chi connectivity index (χ2v) is 6.72. The van der Waals surface area contributed by atoms with Gasteiger partial charge in [0.1, 0.15) is 0 Å². The third-order valence-electron chi connectivity index (χ3n) is 3.78. The van der Waals surface area contributed by atoms with Crippen LogP contribution in [0.25, 0.3) is 11.4 Å². The molecule has 8 heteroatoms. The topological polar surface area (TPSA) is 85.1 Å². The Kier molecular flexibility index (Phi) is 6.32. The Bertz CT molecular complexity index is 921. The first kappa shape index (κ1) is 18.8. The first-order valence-electron chi connectivity index (χ1n) is 8.52. The van der Waals surface area contributed by atoms with Crippen LogP contribution in [0.5, 0.6) is 0 Å². The lowest BCUT2D eigenvalue weighted by atomic mass is 10.1. The Morgan fingerprint density at radius 2 is 1.93 bits per heavy atom. The quantitative estimate of drug-likeness (QED) is 0.387. The highest BCUT2D eigenvalue weighted by Gasteiger charge is 2.14. The molecule has 0 bridgehead atoms. The molecule has 2 heterocycles. The predicted octanol–water partition coefficient (Wildman–Crippen LogP) is 2.91. The number of nitrogens with zero attached hydrogens (tertiary/aromatic N) is 5. The van der Waals surface area contributed by atoms with E-state index in [9.17, 15) is 4.79 Å². The van der Waals surface area contributed by atoms with Crippen molar-refractivity contribution in [2.75, 3.05) is 5.75 Å². The van der Waals surface area contributed by atoms with Crippen molar-refractivity contribution in [3.63, 3.8) is 0 Å². The van der Waals surface area contributed by atoms with E-state index in [1.807, 2.05) is 42.7 Å². The van der Waals surface area contributed by atoms with Crippen LogP contribution in [-0.4, -0.2) is 37.6 Å². The highest BCUT2D eigenvalue weighted by atomic mass is 32.2. The maximum Gasteiger partial charge on any atom is 0.250 e. The number of thioether (sulfide) groups is 1. The second-order valence-electron chi connectivity index (χ2n) is 5.78. The molecule has 27 heavy (non-hydrogen) atoms. The number of carbonyl (C=O) groups is 1. The van der Waals surface area contributed by atoms with Gasteiger partial charge in [0.15, 0.2) is 11.0 Å². The molecular formula is C19H20N6OS. The number of amides is 1. The number of aromatic nitrogens is 4. The minimum atomic E-state index is -0.201. The van der Waals surface area contributed by atoms with Crippen LogP contribution >= 0.6 is 11.8 Å². The molecule has 0 saturated heterocycles. The van der Waals surface area contributed by atoms with Gasteiger partial charge in [0.2, 0.25) is 0 Å². The van der Waals surface area contributed by atoms with E-state index >= 15 is 0 Å². The van der Waals surface area contributed by atoms with Gasteiger partial charge in [-0.15, -0.1) is 10.2 Å². The number of hydrazone groups is 1. The standard InChI is InChI=1S/C19H20N6OS/c1-3-25-18(16-6-4-14(2)5-7-16)23-24-19(25)27-13-17(26)22-21-12-15-8-10-20-11-9-15/h4-12H,3,13H2,1-2H3,(H,22,26)/b21-12-. The average molecular weight is 380 g/mol. The fourth-order valence-electron chi connectivity index (χ4n) is 2.39. The van der Waals surface area contributed by atoms with Crippen molar-refractivity contribution in [3.8, 4) is 11.4 Å². The van der Waals surface area contributed by atoms with Crippen LogP contribution < -0.4 is 5.43 Å². The zero-order valence-corrected chi connectivity index (χ0v) is 16.0. The van der Waals surface area contributed by atoms with Gasteiger partial charge in [-0.2, -0.15) is 5.10 Å². The fourth-order valence-corrected chi connectivity index (χ4v) is 3.18. The summed E-state index contributed by atoms with van der Waals surface area (Å²) in [5, 5.41) is 13.2. The van der Waals surface area contributed by atoms with E-state index in [1.54, 1.807) is 30.7 Å². The molecule has 1 amide bonds. The number of aryl methyl sites for hydroxylation is 1. The summed E-state index contributed by atoms with van der Waals surface area (Å²) in [6.45, 7) is 4.80. The van der Waals surface area contributed by atoms with Gasteiger partial charge in [-0.3, -0.25) is 9.78 Å². The molecule has 0 aliphatic rings. The summed E-state index contributed by atoms with van der Waals surface area (Å²) in [4.78, 5) is 15.9. The van der Waals surface area contributed by atoms with Crippen molar-refractivity contribution in [1.82, 2.24) is 25.2 Å². The summed E-state index contributed by atoms with van der Waals surface area (Å²) >= 11 is 1.34. The summed E-state index contributed by atoms with van der Waals surface area (Å²) in [5.74, 6) is 0.809. The van der Waals surface area contributed by atoms with Crippen LogP contribution in [0.1, 0.15) is 18.1 Å². The minimum absolute atomic E-state index is 0.201. The summed E-state index contributed by atoms with van der Waals surface area (Å²) in [6.07, 6.45) is 4.92. The summed E-state index contributed by atoms with van der Waals surface area (Å²) < 4.78 is 2.00. The Labute approximate surface area is 161 Å². The molecule has 1 N–H and O–H groups in total. The lowest BCUT2D eigenvalue weighted by Crippen LogP contribution is -2.20. The number of pyridine rings is 1. The second kappa shape index (κ2) is 9.09. The Balaban J connectivity index is 1.60. The lowest BCUT2D eigenvalue weighted by Gasteiger charge is -2.07. The molecular weight excluding hydrogens is 360 g/mol. The van der Waals surface area contributed by atoms with Gasteiger partial charge >= 0.3 is 0 Å². The largest absolute Gasteiger partial charge is 0.302 e. The molecule has 3 rings (SSSR count). The van der Waals surface area contributed by atoms with Gasteiger partial charge in [-0.05, 0) is 31.5 Å². The molecule has 2 aromatic heterocycles. The third-order valence-corrected chi connectivity index (χ3v) is 4.75. The molecule has 3 aromatic rings. The van der Waals surface area contributed by atoms with Crippen molar-refractivity contribution in [2.24, 2.45) is 5.10 Å². The molecule has 138 valence electrons. The van der Waals surface area contributed by atoms with Crippen molar-refractivity contribution in [2.45, 2.75) is 25.5 Å². The number of hydrogen-bond donors (Lipinski definition) is 1.